The molecule has 0 fully saturated rings. The lowest BCUT2D eigenvalue weighted by molar-refractivity contribution is 0.702. The molecule has 0 bridgehead atoms. The molecule has 0 unspecified atom stereocenters. The van der Waals surface area contributed by atoms with Crippen LogP contribution in [-0.2, 0) is 0 Å². The van der Waals surface area contributed by atoms with Crippen molar-refractivity contribution in [3.63, 3.8) is 0 Å². The third-order valence-corrected chi connectivity index (χ3v) is 1.48. The number of hydrogen-bond acceptors (Lipinski definition) is 1. The Kier molecular flexibility index (Phi) is 6.70. The van der Waals surface area contributed by atoms with E-state index >= 15 is 0 Å². The van der Waals surface area contributed by atoms with Gasteiger partial charge in [-0.2, -0.15) is 0 Å². The van der Waals surface area contributed by atoms with Crippen molar-refractivity contribution in [3.05, 3.63) is 49.2 Å². The summed E-state index contributed by atoms with van der Waals surface area (Å²) in [5.74, 6) is 0. The monoisotopic (exact) mass is 177 g/mol. The van der Waals surface area contributed by atoms with Gasteiger partial charge in [0, 0.05) is 6.04 Å². The molecule has 0 aromatic heterocycles. The Morgan fingerprint density at radius 3 is 2.54 bits per heavy atom. The van der Waals surface area contributed by atoms with Crippen LogP contribution in [0.5, 0.6) is 0 Å². The van der Waals surface area contributed by atoms with Gasteiger partial charge in [0.25, 0.3) is 0 Å². The Bertz CT molecular complexity index is 209. The minimum absolute atomic E-state index is 0.483. The van der Waals surface area contributed by atoms with Crippen molar-refractivity contribution in [1.82, 2.24) is 5.32 Å². The zero-order valence-electron chi connectivity index (χ0n) is 8.59. The number of rotatable bonds is 6. The lowest BCUT2D eigenvalue weighted by atomic mass is 10.2. The van der Waals surface area contributed by atoms with Gasteiger partial charge in [-0.25, -0.2) is 0 Å². The lowest BCUT2D eigenvalue weighted by Crippen LogP contribution is -2.14. The van der Waals surface area contributed by atoms with Crippen LogP contribution >= 0.6 is 0 Å². The van der Waals surface area contributed by atoms with Gasteiger partial charge in [0.2, 0.25) is 0 Å². The van der Waals surface area contributed by atoms with Gasteiger partial charge in [-0.05, 0) is 38.1 Å². The molecule has 0 aromatic carbocycles. The Balaban J connectivity index is 3.97. The zero-order chi connectivity index (χ0) is 10.1. The summed E-state index contributed by atoms with van der Waals surface area (Å²) in [6.07, 6.45) is 10.6. The summed E-state index contributed by atoms with van der Waals surface area (Å²) in [7, 11) is 0. The summed E-state index contributed by atoms with van der Waals surface area (Å²) in [4.78, 5) is 0. The fourth-order valence-corrected chi connectivity index (χ4v) is 0.806. The van der Waals surface area contributed by atoms with Crippen LogP contribution in [0.1, 0.15) is 20.3 Å². The van der Waals surface area contributed by atoms with Crippen molar-refractivity contribution < 1.29 is 0 Å². The maximum Gasteiger partial charge on any atom is 0.0199 e. The molecule has 0 aromatic rings. The van der Waals surface area contributed by atoms with Crippen LogP contribution < -0.4 is 5.32 Å². The van der Waals surface area contributed by atoms with Crippen LogP contribution in [0.2, 0.25) is 0 Å². The second-order valence-corrected chi connectivity index (χ2v) is 3.12. The molecular weight excluding hydrogens is 158 g/mol. The summed E-state index contributed by atoms with van der Waals surface area (Å²) in [6, 6.07) is 0.483. The molecule has 0 saturated carbocycles. The Hall–Kier alpha value is -1.24. The van der Waals surface area contributed by atoms with Crippen molar-refractivity contribution >= 4 is 0 Å². The summed E-state index contributed by atoms with van der Waals surface area (Å²) in [6.45, 7) is 11.6. The molecule has 0 aliphatic heterocycles. The predicted octanol–water partition coefficient (Wildman–Crippen LogP) is 3.19. The van der Waals surface area contributed by atoms with Crippen LogP contribution in [0.25, 0.3) is 0 Å². The topological polar surface area (TPSA) is 12.0 Å². The molecule has 0 aliphatic carbocycles. The maximum atomic E-state index is 3.72. The molecule has 0 amide bonds. The third kappa shape index (κ3) is 7.13. The van der Waals surface area contributed by atoms with Crippen LogP contribution in [0, 0.1) is 0 Å². The van der Waals surface area contributed by atoms with Crippen LogP contribution in [-0.4, -0.2) is 6.04 Å². The first-order valence-corrected chi connectivity index (χ1v) is 4.55. The molecule has 1 heteroatoms. The van der Waals surface area contributed by atoms with Gasteiger partial charge in [0.1, 0.15) is 0 Å². The van der Waals surface area contributed by atoms with Crippen LogP contribution in [0.15, 0.2) is 49.2 Å². The Morgan fingerprint density at radius 2 is 2.08 bits per heavy atom. The van der Waals surface area contributed by atoms with E-state index in [4.69, 9.17) is 0 Å². The fourth-order valence-electron chi connectivity index (χ4n) is 0.806. The molecule has 1 N–H and O–H groups in total. The molecule has 0 radical (unpaired) electrons. The highest BCUT2D eigenvalue weighted by Gasteiger charge is 1.85. The second-order valence-electron chi connectivity index (χ2n) is 3.12. The molecular formula is C12H19N. The molecule has 0 saturated heterocycles. The normalized spacial score (nSPS) is 12.1. The van der Waals surface area contributed by atoms with Crippen molar-refractivity contribution in [2.24, 2.45) is 0 Å². The van der Waals surface area contributed by atoms with E-state index in [1.807, 2.05) is 30.5 Å². The largest absolute Gasteiger partial charge is 0.389 e. The summed E-state index contributed by atoms with van der Waals surface area (Å²) in [5, 5.41) is 3.18. The highest BCUT2D eigenvalue weighted by Crippen LogP contribution is 2.02. The first-order chi connectivity index (χ1) is 6.20. The van der Waals surface area contributed by atoms with E-state index in [0.29, 0.717) is 6.04 Å². The van der Waals surface area contributed by atoms with E-state index in [1.165, 1.54) is 5.57 Å². The quantitative estimate of drug-likeness (QED) is 0.485. The maximum absolute atomic E-state index is 3.72. The molecule has 0 rings (SSSR count). The predicted molar refractivity (Wildman–Crippen MR) is 60.5 cm³/mol. The van der Waals surface area contributed by atoms with Gasteiger partial charge >= 0.3 is 0 Å². The van der Waals surface area contributed by atoms with Crippen molar-refractivity contribution in [3.8, 4) is 0 Å². The van der Waals surface area contributed by atoms with E-state index in [0.717, 1.165) is 6.42 Å². The number of allylic oxidation sites excluding steroid dienone is 5. The van der Waals surface area contributed by atoms with Gasteiger partial charge < -0.3 is 5.32 Å². The van der Waals surface area contributed by atoms with E-state index in [1.54, 1.807) is 0 Å². The van der Waals surface area contributed by atoms with Gasteiger partial charge in [-0.15, -0.1) is 6.58 Å². The molecule has 0 heterocycles. The SMILES string of the molecule is C=CC/C(C=C)=C\C=C/NC(C)C. The Morgan fingerprint density at radius 1 is 1.38 bits per heavy atom. The minimum atomic E-state index is 0.483. The van der Waals surface area contributed by atoms with Crippen LogP contribution in [0.4, 0.5) is 0 Å². The molecule has 0 spiro atoms. The third-order valence-electron chi connectivity index (χ3n) is 1.48. The highest BCUT2D eigenvalue weighted by atomic mass is 14.9. The average Bonchev–Trinajstić information content (AvgIpc) is 2.10. The van der Waals surface area contributed by atoms with E-state index in [-0.39, 0.29) is 0 Å². The molecule has 1 nitrogen and oxygen atoms in total. The number of nitrogens with one attached hydrogen (secondary N) is 1. The average molecular weight is 177 g/mol. The molecule has 72 valence electrons. The van der Waals surface area contributed by atoms with Crippen molar-refractivity contribution in [2.75, 3.05) is 0 Å². The summed E-state index contributed by atoms with van der Waals surface area (Å²) in [5.41, 5.74) is 1.18. The first kappa shape index (κ1) is 11.8. The van der Waals surface area contributed by atoms with E-state index in [2.05, 4.69) is 32.3 Å². The Labute approximate surface area is 81.5 Å². The standard InChI is InChI=1S/C12H19N/c1-5-8-12(6-2)9-7-10-13-11(3)4/h5-7,9-11,13H,1-2,8H2,3-4H3/b10-7-,12-9-. The molecule has 13 heavy (non-hydrogen) atoms. The lowest BCUT2D eigenvalue weighted by Gasteiger charge is -2.01. The van der Waals surface area contributed by atoms with Gasteiger partial charge in [0.05, 0.1) is 0 Å². The zero-order valence-corrected chi connectivity index (χ0v) is 8.59. The fraction of sp³-hybridized carbons (Fsp3) is 0.333. The smallest absolute Gasteiger partial charge is 0.0199 e. The summed E-state index contributed by atoms with van der Waals surface area (Å²) >= 11 is 0. The van der Waals surface area contributed by atoms with Crippen LogP contribution in [0.3, 0.4) is 0 Å². The second kappa shape index (κ2) is 7.41. The molecule has 0 atom stereocenters. The van der Waals surface area contributed by atoms with E-state index in [9.17, 15) is 0 Å². The van der Waals surface area contributed by atoms with Gasteiger partial charge in [-0.1, -0.05) is 24.8 Å². The summed E-state index contributed by atoms with van der Waals surface area (Å²) < 4.78 is 0. The van der Waals surface area contributed by atoms with Crippen molar-refractivity contribution in [2.45, 2.75) is 26.3 Å². The first-order valence-electron chi connectivity index (χ1n) is 4.55. The van der Waals surface area contributed by atoms with Gasteiger partial charge in [0.15, 0.2) is 0 Å². The van der Waals surface area contributed by atoms with E-state index < -0.39 is 0 Å². The van der Waals surface area contributed by atoms with Gasteiger partial charge in [-0.3, -0.25) is 0 Å². The minimum Gasteiger partial charge on any atom is -0.389 e. The van der Waals surface area contributed by atoms with Crippen molar-refractivity contribution in [1.29, 1.82) is 0 Å². The number of hydrogen-bond donors (Lipinski definition) is 1. The highest BCUT2D eigenvalue weighted by molar-refractivity contribution is 5.23. The molecule has 0 aliphatic rings.